The van der Waals surface area contributed by atoms with Gasteiger partial charge in [0.2, 0.25) is 0 Å². The average Bonchev–Trinajstić information content (AvgIpc) is 1.89. The summed E-state index contributed by atoms with van der Waals surface area (Å²) in [7, 11) is 0. The van der Waals surface area contributed by atoms with Crippen LogP contribution in [0.2, 0.25) is 0 Å². The molecule has 0 atom stereocenters. The molecule has 0 aromatic heterocycles. The van der Waals surface area contributed by atoms with Crippen LogP contribution in [0.15, 0.2) is 29.2 Å². The maximum absolute atomic E-state index is 8.56. The van der Waals surface area contributed by atoms with Crippen molar-refractivity contribution in [3.63, 3.8) is 0 Å². The normalized spacial score (nSPS) is 9.44. The number of nitrogen functional groups attached to an aromatic ring is 1. The summed E-state index contributed by atoms with van der Waals surface area (Å²) in [4.78, 5) is 0.706. The van der Waals surface area contributed by atoms with E-state index < -0.39 is 0 Å². The largest absolute Gasteiger partial charge is 0.398 e. The highest BCUT2D eigenvalue weighted by Gasteiger charge is 1.92. The fourth-order valence-electron chi connectivity index (χ4n) is 0.564. The second-order valence-electron chi connectivity index (χ2n) is 1.63. The molecule has 1 aromatic carbocycles. The number of para-hydroxylation sites is 1. The highest BCUT2D eigenvalue weighted by molar-refractivity contribution is 7.94. The summed E-state index contributed by atoms with van der Waals surface area (Å²) >= 11 is 0.670. The van der Waals surface area contributed by atoms with E-state index in [1.165, 1.54) is 0 Å². The van der Waals surface area contributed by atoms with Crippen molar-refractivity contribution < 1.29 is 4.55 Å². The van der Waals surface area contributed by atoms with Gasteiger partial charge in [0.1, 0.15) is 0 Å². The summed E-state index contributed by atoms with van der Waals surface area (Å²) < 4.78 is 8.56. The molecule has 0 aliphatic carbocycles. The number of hydrogen-bond donors (Lipinski definition) is 2. The number of hydrogen-bond acceptors (Lipinski definition) is 3. The third kappa shape index (κ3) is 1.37. The Morgan fingerprint density at radius 2 is 2.00 bits per heavy atom. The topological polar surface area (TPSA) is 46.2 Å². The van der Waals surface area contributed by atoms with Crippen molar-refractivity contribution in [2.24, 2.45) is 0 Å². The summed E-state index contributed by atoms with van der Waals surface area (Å²) in [5.74, 6) is 0. The molecule has 0 aliphatic rings. The van der Waals surface area contributed by atoms with Crippen LogP contribution in [0.4, 0.5) is 5.69 Å². The zero-order valence-corrected chi connectivity index (χ0v) is 5.56. The lowest BCUT2D eigenvalue weighted by atomic mass is 10.3. The van der Waals surface area contributed by atoms with Crippen molar-refractivity contribution in [3.8, 4) is 0 Å². The number of nitrogens with two attached hydrogens (primary N) is 1. The standard InChI is InChI=1S/C6H7NOS/c7-5-3-1-2-4-6(5)9-8/h1-4,8H,7H2. The molecule has 1 aromatic rings. The van der Waals surface area contributed by atoms with Gasteiger partial charge in [-0.3, -0.25) is 0 Å². The lowest BCUT2D eigenvalue weighted by Crippen LogP contribution is -1.85. The first-order chi connectivity index (χ1) is 4.34. The van der Waals surface area contributed by atoms with Crippen LogP contribution in [-0.2, 0) is 0 Å². The number of rotatable bonds is 1. The smallest absolute Gasteiger partial charge is 0.0580 e. The van der Waals surface area contributed by atoms with Crippen molar-refractivity contribution in [1.82, 2.24) is 0 Å². The summed E-state index contributed by atoms with van der Waals surface area (Å²) in [6.07, 6.45) is 0. The third-order valence-electron chi connectivity index (χ3n) is 1.02. The predicted octanol–water partition coefficient (Wildman–Crippen LogP) is 1.83. The molecule has 0 saturated heterocycles. The van der Waals surface area contributed by atoms with Crippen LogP contribution >= 0.6 is 12.0 Å². The average molecular weight is 141 g/mol. The van der Waals surface area contributed by atoms with Crippen molar-refractivity contribution in [3.05, 3.63) is 24.3 Å². The van der Waals surface area contributed by atoms with Gasteiger partial charge < -0.3 is 10.3 Å². The van der Waals surface area contributed by atoms with Gasteiger partial charge in [0.05, 0.1) is 4.90 Å². The van der Waals surface area contributed by atoms with E-state index >= 15 is 0 Å². The molecular formula is C6H7NOS. The van der Waals surface area contributed by atoms with E-state index in [2.05, 4.69) is 0 Å². The molecule has 1 rings (SSSR count). The minimum absolute atomic E-state index is 0.616. The Hall–Kier alpha value is -0.670. The Bertz CT molecular complexity index is 202. The molecule has 0 spiro atoms. The van der Waals surface area contributed by atoms with Crippen molar-refractivity contribution in [2.75, 3.05) is 5.73 Å². The molecule has 0 heterocycles. The molecule has 2 nitrogen and oxygen atoms in total. The summed E-state index contributed by atoms with van der Waals surface area (Å²) in [6.45, 7) is 0. The summed E-state index contributed by atoms with van der Waals surface area (Å²) in [5, 5.41) is 0. The fourth-order valence-corrected chi connectivity index (χ4v) is 0.877. The van der Waals surface area contributed by atoms with Gasteiger partial charge in [-0.2, -0.15) is 0 Å². The monoisotopic (exact) mass is 141 g/mol. The van der Waals surface area contributed by atoms with Gasteiger partial charge in [-0.1, -0.05) is 12.1 Å². The van der Waals surface area contributed by atoms with E-state index in [1.54, 1.807) is 12.1 Å². The molecule has 0 saturated carbocycles. The van der Waals surface area contributed by atoms with E-state index in [-0.39, 0.29) is 0 Å². The molecule has 0 amide bonds. The van der Waals surface area contributed by atoms with Crippen LogP contribution < -0.4 is 5.73 Å². The molecule has 0 radical (unpaired) electrons. The van der Waals surface area contributed by atoms with E-state index in [0.717, 1.165) is 0 Å². The van der Waals surface area contributed by atoms with E-state index in [0.29, 0.717) is 22.6 Å². The summed E-state index contributed by atoms with van der Waals surface area (Å²) in [5.41, 5.74) is 6.07. The minimum Gasteiger partial charge on any atom is -0.398 e. The number of anilines is 1. The van der Waals surface area contributed by atoms with E-state index in [9.17, 15) is 0 Å². The molecule has 0 unspecified atom stereocenters. The molecule has 9 heavy (non-hydrogen) atoms. The quantitative estimate of drug-likeness (QED) is 0.463. The van der Waals surface area contributed by atoms with Crippen molar-refractivity contribution in [2.45, 2.75) is 4.90 Å². The van der Waals surface area contributed by atoms with Gasteiger partial charge in [-0.05, 0) is 12.1 Å². The number of benzene rings is 1. The van der Waals surface area contributed by atoms with Gasteiger partial charge in [-0.15, -0.1) is 0 Å². The minimum atomic E-state index is 0.616. The molecule has 3 N–H and O–H groups in total. The molecule has 0 aliphatic heterocycles. The Morgan fingerprint density at radius 1 is 1.33 bits per heavy atom. The first-order valence-electron chi connectivity index (χ1n) is 2.50. The Morgan fingerprint density at radius 3 is 2.44 bits per heavy atom. The lowest BCUT2D eigenvalue weighted by Gasteiger charge is -1.96. The van der Waals surface area contributed by atoms with Gasteiger partial charge >= 0.3 is 0 Å². The zero-order chi connectivity index (χ0) is 6.69. The summed E-state index contributed by atoms with van der Waals surface area (Å²) in [6, 6.07) is 7.17. The lowest BCUT2D eigenvalue weighted by molar-refractivity contribution is 0.664. The second-order valence-corrected chi connectivity index (χ2v) is 2.25. The SMILES string of the molecule is Nc1ccccc1SO. The first kappa shape index (κ1) is 6.45. The molecule has 3 heteroatoms. The van der Waals surface area contributed by atoms with Gasteiger partial charge in [0.25, 0.3) is 0 Å². The molecular weight excluding hydrogens is 134 g/mol. The highest BCUT2D eigenvalue weighted by atomic mass is 32.2. The van der Waals surface area contributed by atoms with Crippen molar-refractivity contribution >= 4 is 17.7 Å². The molecule has 0 fully saturated rings. The zero-order valence-electron chi connectivity index (χ0n) is 4.74. The third-order valence-corrected chi connectivity index (χ3v) is 1.59. The fraction of sp³-hybridized carbons (Fsp3) is 0. The van der Waals surface area contributed by atoms with E-state index in [1.807, 2.05) is 12.1 Å². The van der Waals surface area contributed by atoms with Crippen LogP contribution in [0.5, 0.6) is 0 Å². The van der Waals surface area contributed by atoms with Crippen LogP contribution in [0.3, 0.4) is 0 Å². The van der Waals surface area contributed by atoms with Crippen LogP contribution in [0, 0.1) is 0 Å². The maximum atomic E-state index is 8.56. The molecule has 0 bridgehead atoms. The van der Waals surface area contributed by atoms with Gasteiger partial charge in [0.15, 0.2) is 0 Å². The predicted molar refractivity (Wildman–Crippen MR) is 39.3 cm³/mol. The van der Waals surface area contributed by atoms with Gasteiger partial charge in [0, 0.05) is 17.7 Å². The highest BCUT2D eigenvalue weighted by Crippen LogP contribution is 2.20. The Balaban J connectivity index is 3.01. The van der Waals surface area contributed by atoms with Crippen LogP contribution in [0.1, 0.15) is 0 Å². The maximum Gasteiger partial charge on any atom is 0.0580 e. The van der Waals surface area contributed by atoms with Crippen LogP contribution in [-0.4, -0.2) is 4.55 Å². The first-order valence-corrected chi connectivity index (χ1v) is 3.28. The Labute approximate surface area is 57.9 Å². The van der Waals surface area contributed by atoms with E-state index in [4.69, 9.17) is 10.3 Å². The van der Waals surface area contributed by atoms with Crippen molar-refractivity contribution in [1.29, 1.82) is 0 Å². The van der Waals surface area contributed by atoms with Gasteiger partial charge in [-0.25, -0.2) is 0 Å². The Kier molecular flexibility index (Phi) is 1.97. The second kappa shape index (κ2) is 2.75. The van der Waals surface area contributed by atoms with Crippen LogP contribution in [0.25, 0.3) is 0 Å². The molecule has 48 valence electrons.